The molecule has 0 aliphatic carbocycles. The number of benzene rings is 1. The minimum absolute atomic E-state index is 0.0669. The molecule has 3 nitrogen and oxygen atoms in total. The quantitative estimate of drug-likeness (QED) is 0.896. The maximum atomic E-state index is 6.42. The molecule has 0 amide bonds. The fourth-order valence-corrected chi connectivity index (χ4v) is 3.17. The molecule has 0 saturated carbocycles. The summed E-state index contributed by atoms with van der Waals surface area (Å²) in [7, 11) is 1.70. The summed E-state index contributed by atoms with van der Waals surface area (Å²) in [5, 5.41) is 0. The van der Waals surface area contributed by atoms with Crippen LogP contribution in [0.5, 0.6) is 5.75 Å². The third kappa shape index (κ3) is 3.97. The lowest BCUT2D eigenvalue weighted by molar-refractivity contribution is 0.183. The van der Waals surface area contributed by atoms with E-state index < -0.39 is 0 Å². The highest BCUT2D eigenvalue weighted by atomic mass is 16.5. The average molecular weight is 276 g/mol. The monoisotopic (exact) mass is 276 g/mol. The van der Waals surface area contributed by atoms with Gasteiger partial charge in [0.05, 0.1) is 7.11 Å². The van der Waals surface area contributed by atoms with Crippen LogP contribution >= 0.6 is 0 Å². The molecule has 1 saturated heterocycles. The number of methoxy groups -OCH3 is 1. The molecular formula is C17H28N2O. The summed E-state index contributed by atoms with van der Waals surface area (Å²) in [5.41, 5.74) is 7.59. The van der Waals surface area contributed by atoms with Crippen LogP contribution in [0.15, 0.2) is 24.3 Å². The van der Waals surface area contributed by atoms with Gasteiger partial charge >= 0.3 is 0 Å². The highest BCUT2D eigenvalue weighted by molar-refractivity contribution is 5.30. The van der Waals surface area contributed by atoms with Crippen LogP contribution in [0.3, 0.4) is 0 Å². The maximum Gasteiger partial charge on any atom is 0.119 e. The summed E-state index contributed by atoms with van der Waals surface area (Å²) in [6.07, 6.45) is 6.58. The lowest BCUT2D eigenvalue weighted by Crippen LogP contribution is -2.39. The molecule has 0 radical (unpaired) electrons. The summed E-state index contributed by atoms with van der Waals surface area (Å²) < 4.78 is 5.29. The van der Waals surface area contributed by atoms with Crippen molar-refractivity contribution >= 4 is 0 Å². The first-order chi connectivity index (χ1) is 9.74. The molecule has 1 fully saturated rings. The summed E-state index contributed by atoms with van der Waals surface area (Å²) in [5.74, 6) is 0.890. The largest absolute Gasteiger partial charge is 0.497 e. The summed E-state index contributed by atoms with van der Waals surface area (Å²) in [4.78, 5) is 2.59. The second-order valence-electron chi connectivity index (χ2n) is 5.79. The highest BCUT2D eigenvalue weighted by Gasteiger charge is 2.21. The number of hydrogen-bond acceptors (Lipinski definition) is 3. The second-order valence-corrected chi connectivity index (χ2v) is 5.79. The molecule has 0 spiro atoms. The van der Waals surface area contributed by atoms with Crippen molar-refractivity contribution in [3.05, 3.63) is 29.8 Å². The Morgan fingerprint density at radius 1 is 1.35 bits per heavy atom. The Labute approximate surface area is 123 Å². The number of likely N-dealkylation sites (tertiary alicyclic amines) is 1. The van der Waals surface area contributed by atoms with Crippen LogP contribution in [0, 0.1) is 0 Å². The molecule has 1 aromatic carbocycles. The molecule has 0 bridgehead atoms. The molecule has 1 aromatic rings. The van der Waals surface area contributed by atoms with E-state index in [4.69, 9.17) is 10.5 Å². The number of ether oxygens (including phenoxy) is 1. The first kappa shape index (κ1) is 15.3. The van der Waals surface area contributed by atoms with E-state index in [0.29, 0.717) is 6.04 Å². The smallest absolute Gasteiger partial charge is 0.119 e. The summed E-state index contributed by atoms with van der Waals surface area (Å²) in [6, 6.07) is 8.92. The molecule has 1 aliphatic rings. The predicted octanol–water partition coefficient (Wildman–Crippen LogP) is 3.35. The second kappa shape index (κ2) is 7.65. The van der Waals surface area contributed by atoms with Gasteiger partial charge in [-0.3, -0.25) is 4.90 Å². The Balaban J connectivity index is 2.02. The van der Waals surface area contributed by atoms with Crippen molar-refractivity contribution in [3.63, 3.8) is 0 Å². The van der Waals surface area contributed by atoms with Gasteiger partial charge in [-0.2, -0.15) is 0 Å². The zero-order valence-corrected chi connectivity index (χ0v) is 12.8. The topological polar surface area (TPSA) is 38.5 Å². The van der Waals surface area contributed by atoms with E-state index in [2.05, 4.69) is 24.0 Å². The fraction of sp³-hybridized carbons (Fsp3) is 0.647. The van der Waals surface area contributed by atoms with Gasteiger partial charge in [-0.05, 0) is 43.5 Å². The van der Waals surface area contributed by atoms with Gasteiger partial charge in [-0.15, -0.1) is 0 Å². The van der Waals surface area contributed by atoms with Gasteiger partial charge in [0.2, 0.25) is 0 Å². The van der Waals surface area contributed by atoms with Crippen molar-refractivity contribution in [1.29, 1.82) is 0 Å². The minimum atomic E-state index is 0.0669. The van der Waals surface area contributed by atoms with E-state index in [1.807, 2.05) is 12.1 Å². The van der Waals surface area contributed by atoms with Crippen molar-refractivity contribution in [2.45, 2.75) is 51.1 Å². The molecule has 20 heavy (non-hydrogen) atoms. The van der Waals surface area contributed by atoms with Gasteiger partial charge < -0.3 is 10.5 Å². The molecule has 112 valence electrons. The Morgan fingerprint density at radius 3 is 2.95 bits per heavy atom. The standard InChI is InChI=1S/C17H28N2O/c1-3-15-9-5-4-6-11-19(15)13-17(18)14-8-7-10-16(12-14)20-2/h7-8,10,12,15,17H,3-6,9,11,13,18H2,1-2H3. The van der Waals surface area contributed by atoms with Crippen LogP contribution in [-0.4, -0.2) is 31.1 Å². The van der Waals surface area contributed by atoms with E-state index in [1.54, 1.807) is 7.11 Å². The Kier molecular flexibility index (Phi) is 5.86. The predicted molar refractivity (Wildman–Crippen MR) is 84.0 cm³/mol. The zero-order valence-electron chi connectivity index (χ0n) is 12.8. The van der Waals surface area contributed by atoms with E-state index >= 15 is 0 Å². The number of hydrogen-bond donors (Lipinski definition) is 1. The summed E-state index contributed by atoms with van der Waals surface area (Å²) >= 11 is 0. The van der Waals surface area contributed by atoms with Crippen molar-refractivity contribution in [1.82, 2.24) is 4.90 Å². The summed E-state index contributed by atoms with van der Waals surface area (Å²) in [6.45, 7) is 4.43. The van der Waals surface area contributed by atoms with E-state index in [9.17, 15) is 0 Å². The van der Waals surface area contributed by atoms with E-state index in [1.165, 1.54) is 44.2 Å². The molecule has 2 rings (SSSR count). The molecule has 1 heterocycles. The molecule has 2 atom stereocenters. The van der Waals surface area contributed by atoms with Crippen molar-refractivity contribution < 1.29 is 4.74 Å². The highest BCUT2D eigenvalue weighted by Crippen LogP contribution is 2.23. The first-order valence-corrected chi connectivity index (χ1v) is 7.88. The van der Waals surface area contributed by atoms with Gasteiger partial charge in [0.25, 0.3) is 0 Å². The molecule has 0 aromatic heterocycles. The fourth-order valence-electron chi connectivity index (χ4n) is 3.17. The third-order valence-corrected chi connectivity index (χ3v) is 4.42. The molecule has 2 unspecified atom stereocenters. The van der Waals surface area contributed by atoms with Crippen LogP contribution in [-0.2, 0) is 0 Å². The van der Waals surface area contributed by atoms with Crippen LogP contribution in [0.25, 0.3) is 0 Å². The van der Waals surface area contributed by atoms with Gasteiger partial charge in [0.1, 0.15) is 5.75 Å². The van der Waals surface area contributed by atoms with Crippen molar-refractivity contribution in [2.24, 2.45) is 5.73 Å². The molecular weight excluding hydrogens is 248 g/mol. The molecule has 3 heteroatoms. The number of nitrogens with two attached hydrogens (primary N) is 1. The number of rotatable bonds is 5. The average Bonchev–Trinajstić information content (AvgIpc) is 2.72. The van der Waals surface area contributed by atoms with E-state index in [0.717, 1.165) is 12.3 Å². The van der Waals surface area contributed by atoms with Crippen molar-refractivity contribution in [3.8, 4) is 5.75 Å². The van der Waals surface area contributed by atoms with Gasteiger partial charge in [0, 0.05) is 18.6 Å². The lowest BCUT2D eigenvalue weighted by atomic mass is 10.0. The minimum Gasteiger partial charge on any atom is -0.497 e. The van der Waals surface area contributed by atoms with Crippen LogP contribution in [0.1, 0.15) is 50.6 Å². The Bertz CT molecular complexity index is 408. The molecule has 1 aliphatic heterocycles. The molecule has 2 N–H and O–H groups in total. The third-order valence-electron chi connectivity index (χ3n) is 4.42. The van der Waals surface area contributed by atoms with Gasteiger partial charge in [-0.1, -0.05) is 31.9 Å². The van der Waals surface area contributed by atoms with Gasteiger partial charge in [0.15, 0.2) is 0 Å². The zero-order chi connectivity index (χ0) is 14.4. The van der Waals surface area contributed by atoms with E-state index in [-0.39, 0.29) is 6.04 Å². The van der Waals surface area contributed by atoms with Crippen LogP contribution < -0.4 is 10.5 Å². The van der Waals surface area contributed by atoms with Crippen molar-refractivity contribution in [2.75, 3.05) is 20.2 Å². The Morgan fingerprint density at radius 2 is 2.20 bits per heavy atom. The van der Waals surface area contributed by atoms with Crippen LogP contribution in [0.2, 0.25) is 0 Å². The Hall–Kier alpha value is -1.06. The number of nitrogens with zero attached hydrogens (tertiary/aromatic N) is 1. The normalized spacial score (nSPS) is 22.2. The van der Waals surface area contributed by atoms with Gasteiger partial charge in [-0.25, -0.2) is 0 Å². The first-order valence-electron chi connectivity index (χ1n) is 7.88. The SMILES string of the molecule is CCC1CCCCCN1CC(N)c1cccc(OC)c1. The maximum absolute atomic E-state index is 6.42. The lowest BCUT2D eigenvalue weighted by Gasteiger charge is -2.31. The van der Waals surface area contributed by atoms with Crippen LogP contribution in [0.4, 0.5) is 0 Å².